The fourth-order valence-corrected chi connectivity index (χ4v) is 2.61. The summed E-state index contributed by atoms with van der Waals surface area (Å²) in [6.45, 7) is 2.18. The number of hydrogen-bond donors (Lipinski definition) is 0. The number of rotatable bonds is 5. The lowest BCUT2D eigenvalue weighted by atomic mass is 10.0. The molecule has 1 unspecified atom stereocenters. The molecule has 94 valence electrons. The first-order valence-corrected chi connectivity index (χ1v) is 7.26. The number of aryl methyl sites for hydroxylation is 2. The monoisotopic (exact) mass is 303 g/mol. The first-order chi connectivity index (χ1) is 8.75. The fraction of sp³-hybridized carbons (Fsp3) is 0.312. The molecule has 0 bridgehead atoms. The Morgan fingerprint density at radius 1 is 1.11 bits per heavy atom. The lowest BCUT2D eigenvalue weighted by Crippen LogP contribution is -2.06. The van der Waals surface area contributed by atoms with Crippen LogP contribution < -0.4 is 0 Å². The molecule has 1 nitrogen and oxygen atoms in total. The smallest absolute Gasteiger partial charge is 0.0414 e. The molecule has 2 aromatic rings. The van der Waals surface area contributed by atoms with Crippen LogP contribution in [0.15, 0.2) is 48.7 Å². The Bertz CT molecular complexity index is 481. The van der Waals surface area contributed by atoms with Crippen molar-refractivity contribution in [3.63, 3.8) is 0 Å². The molecule has 2 rings (SSSR count). The average molecular weight is 304 g/mol. The zero-order chi connectivity index (χ0) is 12.8. The van der Waals surface area contributed by atoms with Gasteiger partial charge in [0.05, 0.1) is 0 Å². The van der Waals surface area contributed by atoms with E-state index in [4.69, 9.17) is 0 Å². The van der Waals surface area contributed by atoms with Crippen molar-refractivity contribution < 1.29 is 0 Å². The maximum atomic E-state index is 4.36. The van der Waals surface area contributed by atoms with Gasteiger partial charge in [-0.2, -0.15) is 0 Å². The summed E-state index contributed by atoms with van der Waals surface area (Å²) >= 11 is 3.76. The molecule has 0 aliphatic rings. The Morgan fingerprint density at radius 2 is 1.89 bits per heavy atom. The van der Waals surface area contributed by atoms with Gasteiger partial charge in [0.2, 0.25) is 0 Å². The topological polar surface area (TPSA) is 12.9 Å². The van der Waals surface area contributed by atoms with Crippen LogP contribution in [0.5, 0.6) is 0 Å². The van der Waals surface area contributed by atoms with Crippen LogP contribution in [-0.2, 0) is 12.8 Å². The van der Waals surface area contributed by atoms with Crippen molar-refractivity contribution in [2.24, 2.45) is 0 Å². The average Bonchev–Trinajstić information content (AvgIpc) is 2.39. The molecule has 0 saturated heterocycles. The van der Waals surface area contributed by atoms with Gasteiger partial charge in [0.15, 0.2) is 0 Å². The fourth-order valence-electron chi connectivity index (χ4n) is 2.05. The summed E-state index contributed by atoms with van der Waals surface area (Å²) < 4.78 is 0. The number of hydrogen-bond acceptors (Lipinski definition) is 1. The lowest BCUT2D eigenvalue weighted by Gasteiger charge is -2.10. The molecule has 0 spiro atoms. The highest BCUT2D eigenvalue weighted by Crippen LogP contribution is 2.17. The largest absolute Gasteiger partial charge is 0.261 e. The number of alkyl halides is 1. The van der Waals surface area contributed by atoms with Gasteiger partial charge in [-0.1, -0.05) is 46.3 Å². The molecular weight excluding hydrogens is 286 g/mol. The van der Waals surface area contributed by atoms with Gasteiger partial charge in [0.1, 0.15) is 0 Å². The Kier molecular flexibility index (Phi) is 4.94. The number of benzene rings is 1. The minimum absolute atomic E-state index is 0.493. The van der Waals surface area contributed by atoms with Crippen LogP contribution in [0.25, 0.3) is 0 Å². The number of nitrogens with zero attached hydrogens (tertiary/aromatic N) is 1. The highest BCUT2D eigenvalue weighted by molar-refractivity contribution is 9.09. The maximum Gasteiger partial charge on any atom is 0.0414 e. The Labute approximate surface area is 117 Å². The highest BCUT2D eigenvalue weighted by Gasteiger charge is 2.07. The third-order valence-corrected chi connectivity index (χ3v) is 3.93. The molecule has 0 fully saturated rings. The highest BCUT2D eigenvalue weighted by atomic mass is 79.9. The van der Waals surface area contributed by atoms with E-state index in [1.54, 1.807) is 0 Å². The third-order valence-electron chi connectivity index (χ3n) is 3.14. The summed E-state index contributed by atoms with van der Waals surface area (Å²) in [5.74, 6) is 0. The molecule has 1 atom stereocenters. The zero-order valence-electron chi connectivity index (χ0n) is 10.6. The third kappa shape index (κ3) is 3.95. The minimum atomic E-state index is 0.493. The second-order valence-corrected chi connectivity index (χ2v) is 5.88. The van der Waals surface area contributed by atoms with Crippen LogP contribution in [0, 0.1) is 6.92 Å². The summed E-state index contributed by atoms with van der Waals surface area (Å²) in [5, 5.41) is 0. The summed E-state index contributed by atoms with van der Waals surface area (Å²) in [6.07, 6.45) is 5.11. The van der Waals surface area contributed by atoms with E-state index in [0.717, 1.165) is 25.0 Å². The van der Waals surface area contributed by atoms with Crippen LogP contribution >= 0.6 is 15.9 Å². The van der Waals surface area contributed by atoms with Gasteiger partial charge >= 0.3 is 0 Å². The lowest BCUT2D eigenvalue weighted by molar-refractivity contribution is 0.749. The zero-order valence-corrected chi connectivity index (χ0v) is 12.2. The predicted octanol–water partition coefficient (Wildman–Crippen LogP) is 4.33. The SMILES string of the molecule is Cc1ccccc1CCC(Br)Cc1ccccn1. The summed E-state index contributed by atoms with van der Waals surface area (Å²) in [7, 11) is 0. The molecule has 1 aromatic carbocycles. The molecule has 18 heavy (non-hydrogen) atoms. The molecule has 0 N–H and O–H groups in total. The van der Waals surface area contributed by atoms with Crippen LogP contribution in [0.3, 0.4) is 0 Å². The van der Waals surface area contributed by atoms with Gasteiger partial charge in [0.25, 0.3) is 0 Å². The van der Waals surface area contributed by atoms with E-state index in [9.17, 15) is 0 Å². The van der Waals surface area contributed by atoms with Gasteiger partial charge in [-0.3, -0.25) is 4.98 Å². The molecular formula is C16H18BrN. The van der Waals surface area contributed by atoms with Crippen LogP contribution in [0.1, 0.15) is 23.2 Å². The van der Waals surface area contributed by atoms with E-state index in [1.165, 1.54) is 11.1 Å². The van der Waals surface area contributed by atoms with Gasteiger partial charge in [0, 0.05) is 23.1 Å². The van der Waals surface area contributed by atoms with Gasteiger partial charge in [-0.05, 0) is 43.0 Å². The van der Waals surface area contributed by atoms with E-state index in [-0.39, 0.29) is 0 Å². The molecule has 1 heterocycles. The molecule has 1 aromatic heterocycles. The van der Waals surface area contributed by atoms with E-state index >= 15 is 0 Å². The van der Waals surface area contributed by atoms with Crippen LogP contribution in [0.4, 0.5) is 0 Å². The molecule has 0 aliphatic carbocycles. The van der Waals surface area contributed by atoms with E-state index in [2.05, 4.69) is 58.2 Å². The van der Waals surface area contributed by atoms with Crippen molar-refractivity contribution >= 4 is 15.9 Å². The van der Waals surface area contributed by atoms with Crippen molar-refractivity contribution in [3.05, 3.63) is 65.5 Å². The quantitative estimate of drug-likeness (QED) is 0.749. The van der Waals surface area contributed by atoms with Crippen molar-refractivity contribution in [2.75, 3.05) is 0 Å². The summed E-state index contributed by atoms with van der Waals surface area (Å²) in [4.78, 5) is 4.85. The second kappa shape index (κ2) is 6.69. The van der Waals surface area contributed by atoms with Crippen molar-refractivity contribution in [3.8, 4) is 0 Å². The standard InChI is InChI=1S/C16H18BrN/c1-13-6-2-3-7-14(13)9-10-15(17)12-16-8-4-5-11-18-16/h2-8,11,15H,9-10,12H2,1H3. The Balaban J connectivity index is 1.86. The number of aromatic nitrogens is 1. The van der Waals surface area contributed by atoms with E-state index in [0.29, 0.717) is 4.83 Å². The second-order valence-electron chi connectivity index (χ2n) is 4.59. The molecule has 0 radical (unpaired) electrons. The van der Waals surface area contributed by atoms with Crippen LogP contribution in [0.2, 0.25) is 0 Å². The predicted molar refractivity (Wildman–Crippen MR) is 80.2 cm³/mol. The van der Waals surface area contributed by atoms with Crippen molar-refractivity contribution in [1.82, 2.24) is 4.98 Å². The summed E-state index contributed by atoms with van der Waals surface area (Å²) in [6, 6.07) is 14.7. The maximum absolute atomic E-state index is 4.36. The van der Waals surface area contributed by atoms with Gasteiger partial charge in [-0.25, -0.2) is 0 Å². The van der Waals surface area contributed by atoms with E-state index < -0.39 is 0 Å². The van der Waals surface area contributed by atoms with E-state index in [1.807, 2.05) is 18.3 Å². The van der Waals surface area contributed by atoms with Crippen molar-refractivity contribution in [1.29, 1.82) is 0 Å². The minimum Gasteiger partial charge on any atom is -0.261 e. The Morgan fingerprint density at radius 3 is 2.61 bits per heavy atom. The molecule has 0 aliphatic heterocycles. The molecule has 0 amide bonds. The van der Waals surface area contributed by atoms with Gasteiger partial charge < -0.3 is 0 Å². The molecule has 2 heteroatoms. The summed E-state index contributed by atoms with van der Waals surface area (Å²) in [5.41, 5.74) is 3.99. The first-order valence-electron chi connectivity index (χ1n) is 6.34. The number of halogens is 1. The normalized spacial score (nSPS) is 12.3. The molecule has 0 saturated carbocycles. The Hall–Kier alpha value is -1.15. The van der Waals surface area contributed by atoms with Gasteiger partial charge in [-0.15, -0.1) is 0 Å². The first kappa shape index (κ1) is 13.3. The van der Waals surface area contributed by atoms with Crippen LogP contribution in [-0.4, -0.2) is 9.81 Å². The van der Waals surface area contributed by atoms with Crippen molar-refractivity contribution in [2.45, 2.75) is 31.0 Å². The number of pyridine rings is 1.